The van der Waals surface area contributed by atoms with Crippen molar-refractivity contribution in [3.63, 3.8) is 0 Å². The normalized spacial score (nSPS) is 19.5. The van der Waals surface area contributed by atoms with Gasteiger partial charge >= 0.3 is 0 Å². The van der Waals surface area contributed by atoms with Gasteiger partial charge in [-0.1, -0.05) is 9.39 Å². The Morgan fingerprint density at radius 1 is 1.53 bits per heavy atom. The van der Waals surface area contributed by atoms with Crippen molar-refractivity contribution in [1.82, 2.24) is 5.09 Å². The van der Waals surface area contributed by atoms with E-state index < -0.39 is 0 Å². The van der Waals surface area contributed by atoms with Crippen molar-refractivity contribution < 1.29 is 9.13 Å². The lowest BCUT2D eigenvalue weighted by atomic mass is 10.0. The molecule has 1 unspecified atom stereocenters. The van der Waals surface area contributed by atoms with Gasteiger partial charge in [0.15, 0.2) is 0 Å². The van der Waals surface area contributed by atoms with Crippen LogP contribution in [-0.2, 0) is 6.42 Å². The van der Waals surface area contributed by atoms with E-state index in [1.54, 1.807) is 12.1 Å². The summed E-state index contributed by atoms with van der Waals surface area (Å²) in [5.41, 5.74) is 0.991. The molecule has 0 aromatic heterocycles. The molecule has 0 spiro atoms. The zero-order valence-corrected chi connectivity index (χ0v) is 9.66. The number of halogens is 1. The lowest BCUT2D eigenvalue weighted by Crippen LogP contribution is -2.25. The molecule has 2 rings (SSSR count). The molecule has 0 fully saturated rings. The standard InChI is InChI=1S/C11H15FNOP/c12-9-2-4-11-8(7-9)1-3-10(14-11)5-6-13-15/h2,4,7,10,13H,1,3,5-6,15H2/t10-/m1/s1. The molecular formula is C11H15FNOP. The van der Waals surface area contributed by atoms with Crippen LogP contribution < -0.4 is 9.82 Å². The van der Waals surface area contributed by atoms with Crippen LogP contribution in [0, 0.1) is 5.82 Å². The van der Waals surface area contributed by atoms with Crippen LogP contribution >= 0.6 is 9.39 Å². The first-order chi connectivity index (χ1) is 7.29. The third-order valence-electron chi connectivity index (χ3n) is 2.66. The largest absolute Gasteiger partial charge is 0.490 e. The highest BCUT2D eigenvalue weighted by molar-refractivity contribution is 7.13. The van der Waals surface area contributed by atoms with Gasteiger partial charge in [-0.2, -0.15) is 0 Å². The van der Waals surface area contributed by atoms with Crippen molar-refractivity contribution in [2.45, 2.75) is 25.4 Å². The highest BCUT2D eigenvalue weighted by Crippen LogP contribution is 2.28. The monoisotopic (exact) mass is 227 g/mol. The third kappa shape index (κ3) is 2.67. The van der Waals surface area contributed by atoms with Crippen molar-refractivity contribution >= 4 is 9.39 Å². The summed E-state index contributed by atoms with van der Waals surface area (Å²) in [4.78, 5) is 0. The molecule has 1 aliphatic heterocycles. The lowest BCUT2D eigenvalue weighted by molar-refractivity contribution is 0.165. The minimum atomic E-state index is -0.178. The Balaban J connectivity index is 2.03. The quantitative estimate of drug-likeness (QED) is 0.800. The van der Waals surface area contributed by atoms with E-state index in [1.165, 1.54) is 6.07 Å². The van der Waals surface area contributed by atoms with Gasteiger partial charge in [0.2, 0.25) is 0 Å². The zero-order chi connectivity index (χ0) is 10.7. The first-order valence-electron chi connectivity index (χ1n) is 5.18. The van der Waals surface area contributed by atoms with Gasteiger partial charge in [-0.3, -0.25) is 0 Å². The smallest absolute Gasteiger partial charge is 0.123 e. The Kier molecular flexibility index (Phi) is 3.55. The highest BCUT2D eigenvalue weighted by atomic mass is 31.0. The summed E-state index contributed by atoms with van der Waals surface area (Å²) in [5.74, 6) is 0.666. The van der Waals surface area contributed by atoms with Gasteiger partial charge in [-0.05, 0) is 43.0 Å². The third-order valence-corrected chi connectivity index (χ3v) is 2.95. The predicted molar refractivity (Wildman–Crippen MR) is 61.5 cm³/mol. The Hall–Kier alpha value is -0.660. The van der Waals surface area contributed by atoms with E-state index in [2.05, 4.69) is 14.5 Å². The van der Waals surface area contributed by atoms with E-state index in [1.807, 2.05) is 0 Å². The molecule has 1 aromatic rings. The molecule has 0 bridgehead atoms. The van der Waals surface area contributed by atoms with Crippen LogP contribution in [0.5, 0.6) is 5.75 Å². The molecule has 4 heteroatoms. The van der Waals surface area contributed by atoms with E-state index in [-0.39, 0.29) is 11.9 Å². The predicted octanol–water partition coefficient (Wildman–Crippen LogP) is 2.29. The summed E-state index contributed by atoms with van der Waals surface area (Å²) in [5, 5.41) is 3.02. The number of hydrogen-bond acceptors (Lipinski definition) is 2. The molecule has 2 atom stereocenters. The van der Waals surface area contributed by atoms with Crippen molar-refractivity contribution in [1.29, 1.82) is 0 Å². The van der Waals surface area contributed by atoms with Crippen LogP contribution in [0.2, 0.25) is 0 Å². The van der Waals surface area contributed by atoms with Gasteiger partial charge in [0.25, 0.3) is 0 Å². The Bertz CT molecular complexity index is 345. The van der Waals surface area contributed by atoms with Crippen LogP contribution in [0.1, 0.15) is 18.4 Å². The average Bonchev–Trinajstić information content (AvgIpc) is 2.26. The number of hydrogen-bond donors (Lipinski definition) is 1. The molecule has 0 radical (unpaired) electrons. The van der Waals surface area contributed by atoms with Gasteiger partial charge in [0.1, 0.15) is 17.7 Å². The topological polar surface area (TPSA) is 21.3 Å². The minimum absolute atomic E-state index is 0.178. The molecule has 15 heavy (non-hydrogen) atoms. The Morgan fingerprint density at radius 3 is 3.20 bits per heavy atom. The number of rotatable bonds is 3. The zero-order valence-electron chi connectivity index (χ0n) is 8.50. The molecular weight excluding hydrogens is 212 g/mol. The number of fused-ring (bicyclic) bond motifs is 1. The van der Waals surface area contributed by atoms with Gasteiger partial charge in [-0.15, -0.1) is 0 Å². The second-order valence-corrected chi connectivity index (χ2v) is 4.18. The van der Waals surface area contributed by atoms with Crippen molar-refractivity contribution in [3.8, 4) is 5.75 Å². The summed E-state index contributed by atoms with van der Waals surface area (Å²) in [7, 11) is 2.48. The number of ether oxygens (including phenoxy) is 1. The van der Waals surface area contributed by atoms with Crippen molar-refractivity contribution in [2.75, 3.05) is 6.54 Å². The molecule has 1 aliphatic rings. The van der Waals surface area contributed by atoms with E-state index in [9.17, 15) is 4.39 Å². The Labute approximate surface area is 91.5 Å². The van der Waals surface area contributed by atoms with Gasteiger partial charge in [0.05, 0.1) is 0 Å². The number of nitrogens with one attached hydrogen (secondary N) is 1. The molecule has 0 amide bonds. The summed E-state index contributed by atoms with van der Waals surface area (Å²) in [6.45, 7) is 0.922. The molecule has 2 nitrogen and oxygen atoms in total. The summed E-state index contributed by atoms with van der Waals surface area (Å²) in [6, 6.07) is 4.75. The van der Waals surface area contributed by atoms with Crippen molar-refractivity contribution in [3.05, 3.63) is 29.6 Å². The van der Waals surface area contributed by atoms with E-state index in [0.717, 1.165) is 37.1 Å². The first-order valence-corrected chi connectivity index (χ1v) is 5.76. The number of benzene rings is 1. The van der Waals surface area contributed by atoms with Crippen LogP contribution in [0.15, 0.2) is 18.2 Å². The van der Waals surface area contributed by atoms with Crippen LogP contribution in [-0.4, -0.2) is 12.6 Å². The molecule has 82 valence electrons. The second kappa shape index (κ2) is 4.91. The molecule has 1 heterocycles. The maximum absolute atomic E-state index is 12.9. The molecule has 1 aromatic carbocycles. The van der Waals surface area contributed by atoms with E-state index in [0.29, 0.717) is 0 Å². The Morgan fingerprint density at radius 2 is 2.40 bits per heavy atom. The highest BCUT2D eigenvalue weighted by Gasteiger charge is 2.19. The molecule has 1 N–H and O–H groups in total. The lowest BCUT2D eigenvalue weighted by Gasteiger charge is -2.26. The van der Waals surface area contributed by atoms with Gasteiger partial charge in [-0.25, -0.2) is 4.39 Å². The van der Waals surface area contributed by atoms with E-state index >= 15 is 0 Å². The average molecular weight is 227 g/mol. The fourth-order valence-corrected chi connectivity index (χ4v) is 2.03. The molecule has 0 saturated heterocycles. The van der Waals surface area contributed by atoms with Gasteiger partial charge in [0, 0.05) is 6.54 Å². The number of aryl methyl sites for hydroxylation is 1. The summed E-state index contributed by atoms with van der Waals surface area (Å²) >= 11 is 0. The second-order valence-electron chi connectivity index (χ2n) is 3.77. The van der Waals surface area contributed by atoms with Crippen molar-refractivity contribution in [2.24, 2.45) is 0 Å². The molecule has 0 saturated carbocycles. The van der Waals surface area contributed by atoms with Crippen LogP contribution in [0.25, 0.3) is 0 Å². The SMILES string of the molecule is Fc1ccc2c(c1)CC[C@H](CCNP)O2. The minimum Gasteiger partial charge on any atom is -0.490 e. The summed E-state index contributed by atoms with van der Waals surface area (Å²) < 4.78 is 18.7. The first kappa shape index (κ1) is 10.8. The maximum Gasteiger partial charge on any atom is 0.123 e. The van der Waals surface area contributed by atoms with Gasteiger partial charge < -0.3 is 9.82 Å². The maximum atomic E-state index is 12.9. The fourth-order valence-electron chi connectivity index (χ4n) is 1.86. The van der Waals surface area contributed by atoms with E-state index in [4.69, 9.17) is 4.74 Å². The van der Waals surface area contributed by atoms with Crippen LogP contribution in [0.3, 0.4) is 0 Å². The fraction of sp³-hybridized carbons (Fsp3) is 0.455. The molecule has 0 aliphatic carbocycles. The summed E-state index contributed by atoms with van der Waals surface area (Å²) in [6.07, 6.45) is 3.13. The van der Waals surface area contributed by atoms with Crippen LogP contribution in [0.4, 0.5) is 4.39 Å².